The lowest BCUT2D eigenvalue weighted by atomic mass is 9.96. The summed E-state index contributed by atoms with van der Waals surface area (Å²) in [5, 5.41) is 0. The van der Waals surface area contributed by atoms with E-state index in [4.69, 9.17) is 4.74 Å². The molecule has 108 valence electrons. The average molecular weight is 346 g/mol. The minimum Gasteiger partial charge on any atom is -0.452 e. The Morgan fingerprint density at radius 2 is 1.86 bits per heavy atom. The molecule has 1 heterocycles. The van der Waals surface area contributed by atoms with E-state index >= 15 is 0 Å². The van der Waals surface area contributed by atoms with Gasteiger partial charge in [-0.2, -0.15) is 0 Å². The second kappa shape index (κ2) is 5.90. The number of benzene rings is 2. The molecule has 0 fully saturated rings. The fourth-order valence-corrected chi connectivity index (χ4v) is 3.17. The maximum absolute atomic E-state index is 12.2. The number of rotatable bonds is 0. The van der Waals surface area contributed by atoms with Crippen molar-refractivity contribution < 1.29 is 9.53 Å². The van der Waals surface area contributed by atoms with Crippen molar-refractivity contribution in [3.05, 3.63) is 63.6 Å². The van der Waals surface area contributed by atoms with Crippen LogP contribution in [0, 0.1) is 0 Å². The van der Waals surface area contributed by atoms with Gasteiger partial charge in [0.05, 0.1) is 19.3 Å². The SMILES string of the molecule is COC(=O)N1Cc2ccc(Br)cc2CCc2ccccc21. The van der Waals surface area contributed by atoms with Gasteiger partial charge in [0.25, 0.3) is 0 Å². The summed E-state index contributed by atoms with van der Waals surface area (Å²) in [5.41, 5.74) is 4.55. The van der Waals surface area contributed by atoms with Crippen molar-refractivity contribution in [3.8, 4) is 0 Å². The number of nitrogens with zero attached hydrogens (tertiary/aromatic N) is 1. The van der Waals surface area contributed by atoms with Gasteiger partial charge in [0.15, 0.2) is 0 Å². The number of hydrogen-bond donors (Lipinski definition) is 0. The van der Waals surface area contributed by atoms with E-state index in [-0.39, 0.29) is 6.09 Å². The van der Waals surface area contributed by atoms with Gasteiger partial charge in [-0.1, -0.05) is 40.2 Å². The van der Waals surface area contributed by atoms with Crippen LogP contribution in [0.15, 0.2) is 46.9 Å². The van der Waals surface area contributed by atoms with Crippen LogP contribution in [0.25, 0.3) is 0 Å². The molecule has 0 aliphatic carbocycles. The molecule has 1 aliphatic rings. The number of halogens is 1. The smallest absolute Gasteiger partial charge is 0.414 e. The van der Waals surface area contributed by atoms with Crippen molar-refractivity contribution in [2.24, 2.45) is 0 Å². The fraction of sp³-hybridized carbons (Fsp3) is 0.235. The Hall–Kier alpha value is -1.81. The zero-order chi connectivity index (χ0) is 14.8. The number of anilines is 1. The van der Waals surface area contributed by atoms with Crippen molar-refractivity contribution in [2.45, 2.75) is 19.4 Å². The molecule has 21 heavy (non-hydrogen) atoms. The molecule has 0 radical (unpaired) electrons. The van der Waals surface area contributed by atoms with Crippen LogP contribution in [-0.2, 0) is 24.1 Å². The van der Waals surface area contributed by atoms with E-state index in [0.29, 0.717) is 6.54 Å². The summed E-state index contributed by atoms with van der Waals surface area (Å²) >= 11 is 3.52. The standard InChI is InChI=1S/C17H16BrNO2/c1-21-17(20)19-11-14-8-9-15(18)10-13(14)7-6-12-4-2-3-5-16(12)19/h2-5,8-10H,6-7,11H2,1H3. The zero-order valence-electron chi connectivity index (χ0n) is 11.8. The second-order valence-electron chi connectivity index (χ2n) is 5.10. The van der Waals surface area contributed by atoms with Crippen LogP contribution in [0.4, 0.5) is 10.5 Å². The van der Waals surface area contributed by atoms with Gasteiger partial charge in [-0.3, -0.25) is 4.90 Å². The van der Waals surface area contributed by atoms with Gasteiger partial charge in [0, 0.05) is 4.47 Å². The first kappa shape index (κ1) is 14.1. The topological polar surface area (TPSA) is 29.5 Å². The number of amides is 1. The monoisotopic (exact) mass is 345 g/mol. The Kier molecular flexibility index (Phi) is 3.97. The summed E-state index contributed by atoms with van der Waals surface area (Å²) in [6.07, 6.45) is 1.56. The van der Waals surface area contributed by atoms with Gasteiger partial charge in [-0.05, 0) is 47.7 Å². The average Bonchev–Trinajstić information content (AvgIpc) is 2.50. The highest BCUT2D eigenvalue weighted by Gasteiger charge is 2.22. The Morgan fingerprint density at radius 3 is 2.67 bits per heavy atom. The maximum Gasteiger partial charge on any atom is 0.414 e. The molecule has 2 aromatic rings. The molecule has 0 unspecified atom stereocenters. The van der Waals surface area contributed by atoms with Crippen molar-refractivity contribution >= 4 is 27.7 Å². The third kappa shape index (κ3) is 2.81. The van der Waals surface area contributed by atoms with Crippen LogP contribution < -0.4 is 4.90 Å². The second-order valence-corrected chi connectivity index (χ2v) is 6.01. The van der Waals surface area contributed by atoms with Crippen LogP contribution in [0.2, 0.25) is 0 Å². The Labute approximate surface area is 132 Å². The molecule has 0 saturated carbocycles. The molecular weight excluding hydrogens is 330 g/mol. The molecule has 0 bridgehead atoms. The van der Waals surface area contributed by atoms with Crippen LogP contribution in [0.5, 0.6) is 0 Å². The van der Waals surface area contributed by atoms with Crippen molar-refractivity contribution in [1.29, 1.82) is 0 Å². The number of aryl methyl sites for hydroxylation is 2. The van der Waals surface area contributed by atoms with E-state index in [0.717, 1.165) is 28.6 Å². The van der Waals surface area contributed by atoms with E-state index in [9.17, 15) is 4.79 Å². The van der Waals surface area contributed by atoms with Crippen molar-refractivity contribution in [2.75, 3.05) is 12.0 Å². The highest BCUT2D eigenvalue weighted by atomic mass is 79.9. The predicted molar refractivity (Wildman–Crippen MR) is 86.6 cm³/mol. The molecule has 3 rings (SSSR count). The lowest BCUT2D eigenvalue weighted by Gasteiger charge is -2.27. The van der Waals surface area contributed by atoms with Gasteiger partial charge < -0.3 is 4.74 Å². The van der Waals surface area contributed by atoms with E-state index in [1.165, 1.54) is 18.2 Å². The minimum atomic E-state index is -0.321. The number of hydrogen-bond acceptors (Lipinski definition) is 2. The van der Waals surface area contributed by atoms with Gasteiger partial charge in [0.1, 0.15) is 0 Å². The Balaban J connectivity index is 2.08. The number of fused-ring (bicyclic) bond motifs is 2. The lowest BCUT2D eigenvalue weighted by molar-refractivity contribution is 0.178. The molecule has 3 nitrogen and oxygen atoms in total. The number of para-hydroxylation sites is 1. The zero-order valence-corrected chi connectivity index (χ0v) is 13.4. The molecule has 1 aliphatic heterocycles. The van der Waals surface area contributed by atoms with E-state index < -0.39 is 0 Å². The Morgan fingerprint density at radius 1 is 1.10 bits per heavy atom. The van der Waals surface area contributed by atoms with Crippen LogP contribution in [0.3, 0.4) is 0 Å². The fourth-order valence-electron chi connectivity index (χ4n) is 2.76. The molecule has 0 spiro atoms. The molecule has 4 heteroatoms. The van der Waals surface area contributed by atoms with Gasteiger partial charge >= 0.3 is 6.09 Å². The van der Waals surface area contributed by atoms with Crippen molar-refractivity contribution in [3.63, 3.8) is 0 Å². The van der Waals surface area contributed by atoms with Crippen LogP contribution >= 0.6 is 15.9 Å². The third-order valence-electron chi connectivity index (χ3n) is 3.84. The quantitative estimate of drug-likeness (QED) is 0.711. The maximum atomic E-state index is 12.2. The number of carbonyl (C=O) groups is 1. The molecule has 0 aromatic heterocycles. The molecule has 0 atom stereocenters. The van der Waals surface area contributed by atoms with Gasteiger partial charge in [-0.15, -0.1) is 0 Å². The summed E-state index contributed by atoms with van der Waals surface area (Å²) in [5.74, 6) is 0. The van der Waals surface area contributed by atoms with Crippen LogP contribution in [0.1, 0.15) is 16.7 Å². The molecule has 2 aromatic carbocycles. The summed E-state index contributed by atoms with van der Waals surface area (Å²) < 4.78 is 6.03. The van der Waals surface area contributed by atoms with Crippen LogP contribution in [-0.4, -0.2) is 13.2 Å². The highest BCUT2D eigenvalue weighted by molar-refractivity contribution is 9.10. The third-order valence-corrected chi connectivity index (χ3v) is 4.33. The van der Waals surface area contributed by atoms with Gasteiger partial charge in [-0.25, -0.2) is 4.79 Å². The molecule has 0 saturated heterocycles. The molecule has 0 N–H and O–H groups in total. The predicted octanol–water partition coefficient (Wildman–Crippen LogP) is 4.32. The van der Waals surface area contributed by atoms with E-state index in [2.05, 4.69) is 34.1 Å². The first-order valence-electron chi connectivity index (χ1n) is 6.89. The normalized spacial score (nSPS) is 13.7. The number of ether oxygens (including phenoxy) is 1. The molecule has 1 amide bonds. The summed E-state index contributed by atoms with van der Waals surface area (Å²) in [6.45, 7) is 0.534. The van der Waals surface area contributed by atoms with Gasteiger partial charge in [0.2, 0.25) is 0 Å². The van der Waals surface area contributed by atoms with Crippen molar-refractivity contribution in [1.82, 2.24) is 0 Å². The minimum absolute atomic E-state index is 0.321. The number of methoxy groups -OCH3 is 1. The first-order valence-corrected chi connectivity index (χ1v) is 7.69. The number of carbonyl (C=O) groups excluding carboxylic acids is 1. The van der Waals surface area contributed by atoms with E-state index in [1.807, 2.05) is 24.3 Å². The highest BCUT2D eigenvalue weighted by Crippen LogP contribution is 2.29. The summed E-state index contributed by atoms with van der Waals surface area (Å²) in [7, 11) is 1.42. The first-order chi connectivity index (χ1) is 10.2. The lowest BCUT2D eigenvalue weighted by Crippen LogP contribution is -2.32. The molecular formula is C17H16BrNO2. The Bertz CT molecular complexity index is 684. The summed E-state index contributed by atoms with van der Waals surface area (Å²) in [4.78, 5) is 13.9. The largest absolute Gasteiger partial charge is 0.452 e. The van der Waals surface area contributed by atoms with E-state index in [1.54, 1.807) is 4.90 Å². The summed E-state index contributed by atoms with van der Waals surface area (Å²) in [6, 6.07) is 14.3.